The van der Waals surface area contributed by atoms with E-state index in [1.807, 2.05) is 73.7 Å². The number of aryl methyl sites for hydroxylation is 1. The van der Waals surface area contributed by atoms with Gasteiger partial charge < -0.3 is 14.5 Å². The van der Waals surface area contributed by atoms with Gasteiger partial charge in [-0.2, -0.15) is 0 Å². The molecule has 3 atom stereocenters. The van der Waals surface area contributed by atoms with E-state index < -0.39 is 17.7 Å². The molecular weight excluding hydrogens is 450 g/mol. The Kier molecular flexibility index (Phi) is 4.60. The summed E-state index contributed by atoms with van der Waals surface area (Å²) in [5.41, 5.74) is 0.0742. The van der Waals surface area contributed by atoms with Crippen molar-refractivity contribution >= 4 is 29.0 Å². The molecule has 34 heavy (non-hydrogen) atoms. The third-order valence-electron chi connectivity index (χ3n) is 6.24. The van der Waals surface area contributed by atoms with Crippen LogP contribution in [0.5, 0.6) is 5.75 Å². The van der Waals surface area contributed by atoms with Gasteiger partial charge >= 0.3 is 0 Å². The Morgan fingerprint density at radius 3 is 2.65 bits per heavy atom. The first-order valence-electron chi connectivity index (χ1n) is 11.0. The van der Waals surface area contributed by atoms with E-state index >= 15 is 0 Å². The molecule has 8 heteroatoms. The lowest BCUT2D eigenvalue weighted by Gasteiger charge is -2.45. The van der Waals surface area contributed by atoms with Crippen LogP contribution >= 0.6 is 11.3 Å². The third kappa shape index (κ3) is 3.21. The molecule has 0 saturated heterocycles. The highest BCUT2D eigenvalue weighted by Gasteiger charge is 2.55. The van der Waals surface area contributed by atoms with Gasteiger partial charge in [0.05, 0.1) is 10.6 Å². The number of fused-ring (bicyclic) bond motifs is 6. The van der Waals surface area contributed by atoms with Crippen LogP contribution in [0, 0.1) is 12.8 Å². The first kappa shape index (κ1) is 20.7. The number of thiazole rings is 1. The van der Waals surface area contributed by atoms with Gasteiger partial charge in [0, 0.05) is 17.3 Å². The molecule has 2 aromatic carbocycles. The summed E-state index contributed by atoms with van der Waals surface area (Å²) in [5.74, 6) is 0.978. The Balaban J connectivity index is 1.55. The summed E-state index contributed by atoms with van der Waals surface area (Å²) < 4.78 is 14.1. The molecule has 2 aliphatic heterocycles. The number of aromatic nitrogens is 1. The summed E-state index contributed by atoms with van der Waals surface area (Å²) >= 11 is 1.27. The molecule has 1 N–H and O–H groups in total. The topological polar surface area (TPSA) is 85.8 Å². The van der Waals surface area contributed by atoms with E-state index in [1.165, 1.54) is 11.3 Å². The fourth-order valence-corrected chi connectivity index (χ4v) is 5.82. The van der Waals surface area contributed by atoms with Crippen LogP contribution in [0.15, 0.2) is 80.9 Å². The molecule has 2 aromatic heterocycles. The van der Waals surface area contributed by atoms with Crippen molar-refractivity contribution in [1.82, 2.24) is 4.57 Å². The second-order valence-electron chi connectivity index (χ2n) is 8.60. The average Bonchev–Trinajstić information content (AvgIpc) is 3.35. The van der Waals surface area contributed by atoms with Crippen LogP contribution in [0.4, 0.5) is 5.69 Å². The number of nitrogens with one attached hydrogen (secondary N) is 1. The van der Waals surface area contributed by atoms with Crippen molar-refractivity contribution in [2.75, 3.05) is 5.32 Å². The molecular formula is C26H21N3O4S. The largest absolute Gasteiger partial charge is 0.465 e. The Labute approximate surface area is 198 Å². The van der Waals surface area contributed by atoms with E-state index in [0.717, 1.165) is 11.3 Å². The zero-order valence-electron chi connectivity index (χ0n) is 18.5. The van der Waals surface area contributed by atoms with Gasteiger partial charge in [-0.1, -0.05) is 47.7 Å². The molecule has 0 unspecified atom stereocenters. The van der Waals surface area contributed by atoms with Gasteiger partial charge in [0.1, 0.15) is 23.2 Å². The fourth-order valence-electron chi connectivity index (χ4n) is 4.75. The summed E-state index contributed by atoms with van der Waals surface area (Å²) in [6, 6.07) is 19.9. The average molecular weight is 472 g/mol. The Morgan fingerprint density at radius 1 is 1.12 bits per heavy atom. The van der Waals surface area contributed by atoms with Crippen molar-refractivity contribution in [3.8, 4) is 5.75 Å². The molecule has 7 nitrogen and oxygen atoms in total. The number of carbonyl (C=O) groups excluding carboxylic acids is 1. The summed E-state index contributed by atoms with van der Waals surface area (Å²) in [5, 5.41) is 2.98. The molecule has 2 bridgehead atoms. The van der Waals surface area contributed by atoms with Crippen molar-refractivity contribution in [2.24, 2.45) is 10.9 Å². The minimum absolute atomic E-state index is 0.209. The molecule has 2 aliphatic rings. The number of nitrogens with zero attached hydrogens (tertiary/aromatic N) is 2. The lowest BCUT2D eigenvalue weighted by atomic mass is 9.80. The predicted molar refractivity (Wildman–Crippen MR) is 129 cm³/mol. The van der Waals surface area contributed by atoms with Crippen molar-refractivity contribution in [1.29, 1.82) is 0 Å². The number of amides is 1. The molecule has 0 saturated carbocycles. The second-order valence-corrected chi connectivity index (χ2v) is 9.61. The summed E-state index contributed by atoms with van der Waals surface area (Å²) in [7, 11) is 0. The summed E-state index contributed by atoms with van der Waals surface area (Å²) in [4.78, 5) is 32.6. The Hall–Kier alpha value is -3.91. The number of hydrogen-bond acceptors (Lipinski definition) is 6. The maximum absolute atomic E-state index is 13.6. The maximum atomic E-state index is 13.6. The molecule has 4 heterocycles. The first-order valence-corrected chi connectivity index (χ1v) is 11.8. The lowest BCUT2D eigenvalue weighted by molar-refractivity contribution is -0.131. The summed E-state index contributed by atoms with van der Waals surface area (Å²) in [6.45, 7) is 3.66. The quantitative estimate of drug-likeness (QED) is 0.497. The highest BCUT2D eigenvalue weighted by atomic mass is 32.1. The normalized spacial score (nSPS) is 22.8. The van der Waals surface area contributed by atoms with Crippen molar-refractivity contribution in [2.45, 2.75) is 25.6 Å². The van der Waals surface area contributed by atoms with E-state index in [0.29, 0.717) is 26.5 Å². The van der Waals surface area contributed by atoms with Gasteiger partial charge in [0.2, 0.25) is 11.6 Å². The van der Waals surface area contributed by atoms with Gasteiger partial charge in [-0.15, -0.1) is 0 Å². The van der Waals surface area contributed by atoms with E-state index in [2.05, 4.69) is 5.32 Å². The number of anilines is 1. The second kappa shape index (κ2) is 7.56. The molecule has 0 aliphatic carbocycles. The van der Waals surface area contributed by atoms with E-state index in [-0.39, 0.29) is 11.5 Å². The van der Waals surface area contributed by atoms with Gasteiger partial charge in [0.15, 0.2) is 4.80 Å². The number of para-hydroxylation sites is 2. The van der Waals surface area contributed by atoms with Crippen LogP contribution < -0.4 is 24.9 Å². The number of ether oxygens (including phenoxy) is 1. The number of furan rings is 1. The molecule has 6 rings (SSSR count). The highest BCUT2D eigenvalue weighted by molar-refractivity contribution is 7.07. The van der Waals surface area contributed by atoms with Gasteiger partial charge in [-0.25, -0.2) is 4.99 Å². The zero-order chi connectivity index (χ0) is 23.4. The smallest absolute Gasteiger partial charge is 0.271 e. The Bertz CT molecular complexity index is 1600. The van der Waals surface area contributed by atoms with Crippen molar-refractivity contribution in [3.63, 3.8) is 0 Å². The minimum atomic E-state index is -1.17. The van der Waals surface area contributed by atoms with E-state index in [9.17, 15) is 9.59 Å². The third-order valence-corrected chi connectivity index (χ3v) is 7.22. The maximum Gasteiger partial charge on any atom is 0.271 e. The fraction of sp³-hybridized carbons (Fsp3) is 0.192. The van der Waals surface area contributed by atoms with Crippen LogP contribution in [0.1, 0.15) is 30.0 Å². The number of benzene rings is 2. The molecule has 0 spiro atoms. The zero-order valence-corrected chi connectivity index (χ0v) is 19.3. The first-order chi connectivity index (χ1) is 16.4. The molecule has 1 amide bonds. The monoisotopic (exact) mass is 471 g/mol. The Morgan fingerprint density at radius 2 is 1.88 bits per heavy atom. The van der Waals surface area contributed by atoms with Crippen LogP contribution in [0.2, 0.25) is 0 Å². The van der Waals surface area contributed by atoms with Gasteiger partial charge in [-0.3, -0.25) is 14.2 Å². The van der Waals surface area contributed by atoms with E-state index in [1.54, 1.807) is 17.6 Å². The number of hydrogen-bond donors (Lipinski definition) is 1. The van der Waals surface area contributed by atoms with E-state index in [4.69, 9.17) is 14.1 Å². The van der Waals surface area contributed by atoms with Crippen molar-refractivity contribution in [3.05, 3.63) is 104 Å². The standard InChI is InChI=1S/C26H21N3O4S/c1-15-12-13-17(32-15)14-20-24(31)29-22-18-10-6-7-11-19(18)33-26(2,28-25(29)34-20)21(22)23(30)27-16-8-4-3-5-9-16/h3-14,21-22H,1-2H3,(H,27,30)/b20-14-/t21-,22-,26-/m0/s1. The van der Waals surface area contributed by atoms with Crippen molar-refractivity contribution < 1.29 is 13.9 Å². The highest BCUT2D eigenvalue weighted by Crippen LogP contribution is 2.47. The van der Waals surface area contributed by atoms with Crippen LogP contribution in [0.25, 0.3) is 6.08 Å². The minimum Gasteiger partial charge on any atom is -0.465 e. The van der Waals surface area contributed by atoms with Crippen LogP contribution in [-0.4, -0.2) is 16.2 Å². The van der Waals surface area contributed by atoms with Gasteiger partial charge in [0.25, 0.3) is 5.56 Å². The molecule has 4 aromatic rings. The van der Waals surface area contributed by atoms with Gasteiger partial charge in [-0.05, 0) is 44.2 Å². The number of rotatable bonds is 3. The van der Waals surface area contributed by atoms with Crippen LogP contribution in [0.3, 0.4) is 0 Å². The molecule has 170 valence electrons. The number of carbonyl (C=O) groups is 1. The molecule has 0 fully saturated rings. The summed E-state index contributed by atoms with van der Waals surface area (Å²) in [6.07, 6.45) is 1.72. The SMILES string of the molecule is Cc1ccc(/C=c2\sc3n(c2=O)[C@H]2c4ccccc4O[C@](C)(N=3)[C@@H]2C(=O)Nc2ccccc2)o1. The lowest BCUT2D eigenvalue weighted by Crippen LogP contribution is -2.59. The predicted octanol–water partition coefficient (Wildman–Crippen LogP) is 3.23. The van der Waals surface area contributed by atoms with Crippen LogP contribution in [-0.2, 0) is 4.79 Å². The molecule has 0 radical (unpaired) electrons.